The second-order valence-corrected chi connectivity index (χ2v) is 4.62. The van der Waals surface area contributed by atoms with Crippen LogP contribution >= 0.6 is 15.9 Å². The van der Waals surface area contributed by atoms with Crippen LogP contribution in [0.5, 0.6) is 0 Å². The van der Waals surface area contributed by atoms with Crippen LogP contribution in [0.4, 0.5) is 4.39 Å². The molecule has 2 atom stereocenters. The van der Waals surface area contributed by atoms with Gasteiger partial charge in [0.05, 0.1) is 23.8 Å². The number of ether oxygens (including phenoxy) is 2. The summed E-state index contributed by atoms with van der Waals surface area (Å²) in [6, 6.07) is 5.02. The highest BCUT2D eigenvalue weighted by Gasteiger charge is 2.25. The van der Waals surface area contributed by atoms with Gasteiger partial charge >= 0.3 is 0 Å². The largest absolute Gasteiger partial charge is 0.371 e. The molecule has 0 aromatic heterocycles. The van der Waals surface area contributed by atoms with Gasteiger partial charge in [0.15, 0.2) is 0 Å². The zero-order chi connectivity index (χ0) is 11.5. The van der Waals surface area contributed by atoms with E-state index in [-0.39, 0.29) is 18.0 Å². The third kappa shape index (κ3) is 2.81. The Morgan fingerprint density at radius 2 is 2.38 bits per heavy atom. The van der Waals surface area contributed by atoms with Crippen LogP contribution in [0.25, 0.3) is 0 Å². The van der Waals surface area contributed by atoms with Crippen LogP contribution in [0.2, 0.25) is 0 Å². The van der Waals surface area contributed by atoms with E-state index in [1.165, 1.54) is 6.07 Å². The van der Waals surface area contributed by atoms with E-state index in [0.717, 1.165) is 18.6 Å². The summed E-state index contributed by atoms with van der Waals surface area (Å²) in [4.78, 5) is 0. The first-order valence-electron chi connectivity index (χ1n) is 5.39. The summed E-state index contributed by atoms with van der Waals surface area (Å²) in [5.74, 6) is -0.248. The molecule has 2 rings (SSSR count). The molecule has 1 heterocycles. The first-order chi connectivity index (χ1) is 7.72. The lowest BCUT2D eigenvalue weighted by molar-refractivity contribution is 0.0388. The summed E-state index contributed by atoms with van der Waals surface area (Å²) < 4.78 is 24.7. The molecule has 0 radical (unpaired) electrons. The molecule has 1 fully saturated rings. The number of halogens is 2. The zero-order valence-corrected chi connectivity index (χ0v) is 10.7. The lowest BCUT2D eigenvalue weighted by Gasteiger charge is -2.17. The molecule has 1 aromatic carbocycles. The highest BCUT2D eigenvalue weighted by Crippen LogP contribution is 2.31. The van der Waals surface area contributed by atoms with Gasteiger partial charge in [-0.15, -0.1) is 0 Å². The Hall–Kier alpha value is -0.450. The number of hydrogen-bond donors (Lipinski definition) is 0. The highest BCUT2D eigenvalue weighted by atomic mass is 79.9. The van der Waals surface area contributed by atoms with Gasteiger partial charge in [-0.05, 0) is 34.0 Å². The van der Waals surface area contributed by atoms with E-state index < -0.39 is 0 Å². The van der Waals surface area contributed by atoms with Crippen molar-refractivity contribution in [2.75, 3.05) is 13.2 Å². The molecule has 1 aliphatic rings. The number of rotatable bonds is 5. The molecule has 0 unspecified atom stereocenters. The Balaban J connectivity index is 2.08. The smallest absolute Gasteiger partial charge is 0.137 e. The van der Waals surface area contributed by atoms with Gasteiger partial charge in [0, 0.05) is 0 Å². The van der Waals surface area contributed by atoms with Crippen LogP contribution in [0.3, 0.4) is 0 Å². The molecule has 0 saturated carbocycles. The maximum absolute atomic E-state index is 13.4. The van der Waals surface area contributed by atoms with Gasteiger partial charge in [0.25, 0.3) is 0 Å². The van der Waals surface area contributed by atoms with Crippen molar-refractivity contribution in [1.29, 1.82) is 0 Å². The molecule has 0 amide bonds. The Kier molecular flexibility index (Phi) is 3.95. The van der Waals surface area contributed by atoms with Gasteiger partial charge in [0.2, 0.25) is 0 Å². The average molecular weight is 289 g/mol. The quantitative estimate of drug-likeness (QED) is 0.774. The van der Waals surface area contributed by atoms with Crippen LogP contribution in [0.1, 0.15) is 25.0 Å². The van der Waals surface area contributed by atoms with E-state index in [1.54, 1.807) is 6.07 Å². The van der Waals surface area contributed by atoms with Crippen molar-refractivity contribution in [1.82, 2.24) is 0 Å². The number of epoxide rings is 1. The minimum absolute atomic E-state index is 0.0747. The van der Waals surface area contributed by atoms with E-state index >= 15 is 0 Å². The normalized spacial score (nSPS) is 20.8. The van der Waals surface area contributed by atoms with Crippen LogP contribution < -0.4 is 0 Å². The monoisotopic (exact) mass is 288 g/mol. The van der Waals surface area contributed by atoms with Crippen molar-refractivity contribution in [2.24, 2.45) is 0 Å². The molecule has 0 spiro atoms. The molecule has 1 saturated heterocycles. The maximum Gasteiger partial charge on any atom is 0.137 e. The van der Waals surface area contributed by atoms with Gasteiger partial charge in [-0.2, -0.15) is 0 Å². The predicted octanol–water partition coefficient (Wildman–Crippen LogP) is 3.45. The van der Waals surface area contributed by atoms with Crippen molar-refractivity contribution >= 4 is 15.9 Å². The molecular formula is C12H14BrFO2. The van der Waals surface area contributed by atoms with Gasteiger partial charge in [-0.3, -0.25) is 0 Å². The minimum Gasteiger partial charge on any atom is -0.371 e. The molecule has 0 bridgehead atoms. The number of hydrogen-bond acceptors (Lipinski definition) is 2. The summed E-state index contributed by atoms with van der Waals surface area (Å²) in [5.41, 5.74) is 0.864. The summed E-state index contributed by atoms with van der Waals surface area (Å²) in [6.45, 7) is 3.39. The lowest BCUT2D eigenvalue weighted by atomic mass is 10.1. The van der Waals surface area contributed by atoms with Crippen LogP contribution in [-0.4, -0.2) is 19.3 Å². The van der Waals surface area contributed by atoms with Crippen LogP contribution in [0.15, 0.2) is 22.7 Å². The van der Waals surface area contributed by atoms with Gasteiger partial charge in [-0.1, -0.05) is 19.1 Å². The van der Waals surface area contributed by atoms with E-state index in [9.17, 15) is 4.39 Å². The molecule has 1 aromatic rings. The molecule has 88 valence electrons. The van der Waals surface area contributed by atoms with E-state index in [2.05, 4.69) is 15.9 Å². The van der Waals surface area contributed by atoms with Gasteiger partial charge in [0.1, 0.15) is 11.9 Å². The van der Waals surface area contributed by atoms with E-state index in [4.69, 9.17) is 9.47 Å². The van der Waals surface area contributed by atoms with Gasteiger partial charge < -0.3 is 9.47 Å². The Morgan fingerprint density at radius 3 is 3.00 bits per heavy atom. The second-order valence-electron chi connectivity index (χ2n) is 3.83. The summed E-state index contributed by atoms with van der Waals surface area (Å²) in [7, 11) is 0. The Labute approximate surface area is 103 Å². The highest BCUT2D eigenvalue weighted by molar-refractivity contribution is 9.10. The van der Waals surface area contributed by atoms with Gasteiger partial charge in [-0.25, -0.2) is 4.39 Å². The molecular weight excluding hydrogens is 275 g/mol. The maximum atomic E-state index is 13.4. The topological polar surface area (TPSA) is 21.8 Å². The molecule has 0 N–H and O–H groups in total. The average Bonchev–Trinajstić information content (AvgIpc) is 3.08. The van der Waals surface area contributed by atoms with E-state index in [1.807, 2.05) is 13.0 Å². The minimum atomic E-state index is -0.248. The molecule has 0 aliphatic carbocycles. The van der Waals surface area contributed by atoms with Crippen molar-refractivity contribution in [3.63, 3.8) is 0 Å². The fraction of sp³-hybridized carbons (Fsp3) is 0.500. The molecule has 4 heteroatoms. The predicted molar refractivity (Wildman–Crippen MR) is 62.8 cm³/mol. The van der Waals surface area contributed by atoms with E-state index in [0.29, 0.717) is 11.1 Å². The fourth-order valence-electron chi connectivity index (χ4n) is 1.58. The zero-order valence-electron chi connectivity index (χ0n) is 9.08. The first-order valence-corrected chi connectivity index (χ1v) is 6.18. The summed E-state index contributed by atoms with van der Waals surface area (Å²) in [5, 5.41) is 0. The number of benzene rings is 1. The van der Waals surface area contributed by atoms with Crippen LogP contribution in [0, 0.1) is 5.82 Å². The fourth-order valence-corrected chi connectivity index (χ4v) is 2.10. The molecule has 2 nitrogen and oxygen atoms in total. The van der Waals surface area contributed by atoms with Crippen LogP contribution in [-0.2, 0) is 9.47 Å². The Bertz CT molecular complexity index is 366. The standard InChI is InChI=1S/C12H14BrFO2/c1-2-11(16-7-8-6-15-8)9-4-3-5-10(14)12(9)13/h3-5,8,11H,2,6-7H2,1H3/t8-,11-/m1/s1. The third-order valence-corrected chi connectivity index (χ3v) is 3.42. The van der Waals surface area contributed by atoms with Crippen molar-refractivity contribution in [2.45, 2.75) is 25.6 Å². The molecule has 1 aliphatic heterocycles. The first kappa shape index (κ1) is 12.0. The second kappa shape index (κ2) is 5.25. The molecule has 16 heavy (non-hydrogen) atoms. The third-order valence-electron chi connectivity index (χ3n) is 2.58. The summed E-state index contributed by atoms with van der Waals surface area (Å²) >= 11 is 3.26. The van der Waals surface area contributed by atoms with Crippen molar-refractivity contribution in [3.05, 3.63) is 34.1 Å². The SMILES string of the molecule is CC[C@@H](OC[C@H]1CO1)c1cccc(F)c1Br. The summed E-state index contributed by atoms with van der Waals surface area (Å²) in [6.07, 6.45) is 0.977. The Morgan fingerprint density at radius 1 is 1.62 bits per heavy atom. The van der Waals surface area contributed by atoms with Crippen molar-refractivity contribution in [3.8, 4) is 0 Å². The lowest BCUT2D eigenvalue weighted by Crippen LogP contribution is -2.09. The van der Waals surface area contributed by atoms with Crippen molar-refractivity contribution < 1.29 is 13.9 Å².